The number of thiophene rings is 1. The summed E-state index contributed by atoms with van der Waals surface area (Å²) in [5.41, 5.74) is 5.22. The first-order chi connectivity index (χ1) is 9.56. The van der Waals surface area contributed by atoms with Gasteiger partial charge in [0, 0.05) is 10.9 Å². The van der Waals surface area contributed by atoms with Crippen LogP contribution < -0.4 is 16.4 Å². The minimum atomic E-state index is -0.430. The largest absolute Gasteiger partial charge is 0.365 e. The van der Waals surface area contributed by atoms with Crippen LogP contribution in [-0.2, 0) is 0 Å². The van der Waals surface area contributed by atoms with Gasteiger partial charge in [-0.2, -0.15) is 0 Å². The molecule has 1 aliphatic carbocycles. The normalized spacial score (nSPS) is 17.4. The first-order valence-corrected chi connectivity index (χ1v) is 7.84. The molecule has 5 nitrogen and oxygen atoms in total. The highest BCUT2D eigenvalue weighted by atomic mass is 32.1. The highest BCUT2D eigenvalue weighted by Gasteiger charge is 2.18. The van der Waals surface area contributed by atoms with Gasteiger partial charge in [0.15, 0.2) is 0 Å². The van der Waals surface area contributed by atoms with Crippen molar-refractivity contribution < 1.29 is 9.59 Å². The van der Waals surface area contributed by atoms with Gasteiger partial charge in [-0.05, 0) is 31.9 Å². The third kappa shape index (κ3) is 3.96. The molecular formula is C14H21N3O2S. The summed E-state index contributed by atoms with van der Waals surface area (Å²) < 4.78 is 0. The van der Waals surface area contributed by atoms with Gasteiger partial charge in [0.1, 0.15) is 0 Å². The molecule has 1 heterocycles. The van der Waals surface area contributed by atoms with Crippen molar-refractivity contribution in [3.8, 4) is 0 Å². The van der Waals surface area contributed by atoms with Crippen molar-refractivity contribution in [3.05, 3.63) is 21.9 Å². The maximum absolute atomic E-state index is 11.9. The Labute approximate surface area is 122 Å². The summed E-state index contributed by atoms with van der Waals surface area (Å²) >= 11 is 1.32. The average Bonchev–Trinajstić information content (AvgIpc) is 2.89. The fourth-order valence-corrected chi connectivity index (χ4v) is 3.32. The zero-order chi connectivity index (χ0) is 14.5. The second kappa shape index (κ2) is 6.74. The van der Waals surface area contributed by atoms with Crippen molar-refractivity contribution in [1.29, 1.82) is 0 Å². The number of carbonyl (C=O) groups excluding carboxylic acids is 2. The molecule has 2 rings (SSSR count). The number of hydrogen-bond acceptors (Lipinski definition) is 3. The fourth-order valence-electron chi connectivity index (χ4n) is 2.46. The molecule has 0 radical (unpaired) electrons. The summed E-state index contributed by atoms with van der Waals surface area (Å²) in [6.07, 6.45) is 5.77. The molecule has 1 aromatic rings. The van der Waals surface area contributed by atoms with E-state index in [-0.39, 0.29) is 12.1 Å². The second-order valence-electron chi connectivity index (χ2n) is 5.24. The SMILES string of the molecule is CC(NC(=O)NC1CCCCC1)c1ccc(C(N)=O)s1. The van der Waals surface area contributed by atoms with E-state index in [1.807, 2.05) is 13.0 Å². The molecule has 1 aromatic heterocycles. The van der Waals surface area contributed by atoms with E-state index >= 15 is 0 Å². The quantitative estimate of drug-likeness (QED) is 0.797. The molecule has 1 unspecified atom stereocenters. The number of urea groups is 1. The number of nitrogens with two attached hydrogens (primary N) is 1. The minimum Gasteiger partial charge on any atom is -0.365 e. The number of nitrogens with one attached hydrogen (secondary N) is 2. The smallest absolute Gasteiger partial charge is 0.315 e. The predicted octanol–water partition coefficient (Wildman–Crippen LogP) is 2.54. The molecule has 6 heteroatoms. The number of amides is 3. The Morgan fingerprint density at radius 3 is 2.60 bits per heavy atom. The van der Waals surface area contributed by atoms with E-state index in [1.165, 1.54) is 30.6 Å². The third-order valence-electron chi connectivity index (χ3n) is 3.58. The molecule has 1 fully saturated rings. The number of rotatable bonds is 4. The van der Waals surface area contributed by atoms with Gasteiger partial charge in [0.05, 0.1) is 10.9 Å². The van der Waals surface area contributed by atoms with Crippen molar-refractivity contribution in [3.63, 3.8) is 0 Å². The topological polar surface area (TPSA) is 84.2 Å². The van der Waals surface area contributed by atoms with Gasteiger partial charge >= 0.3 is 6.03 Å². The van der Waals surface area contributed by atoms with Gasteiger partial charge in [0.25, 0.3) is 5.91 Å². The van der Waals surface area contributed by atoms with Gasteiger partial charge in [-0.25, -0.2) is 4.79 Å². The van der Waals surface area contributed by atoms with Crippen LogP contribution in [0.3, 0.4) is 0 Å². The van der Waals surface area contributed by atoms with Crippen molar-refractivity contribution in [2.24, 2.45) is 5.73 Å². The summed E-state index contributed by atoms with van der Waals surface area (Å²) in [7, 11) is 0. The van der Waals surface area contributed by atoms with E-state index < -0.39 is 5.91 Å². The molecule has 1 saturated carbocycles. The summed E-state index contributed by atoms with van der Waals surface area (Å²) in [6, 6.07) is 3.55. The van der Waals surface area contributed by atoms with Gasteiger partial charge in [0.2, 0.25) is 0 Å². The zero-order valence-electron chi connectivity index (χ0n) is 11.6. The molecule has 1 aliphatic rings. The summed E-state index contributed by atoms with van der Waals surface area (Å²) in [5, 5.41) is 5.92. The molecule has 110 valence electrons. The number of hydrogen-bond donors (Lipinski definition) is 3. The first-order valence-electron chi connectivity index (χ1n) is 7.03. The highest BCUT2D eigenvalue weighted by Crippen LogP contribution is 2.23. The highest BCUT2D eigenvalue weighted by molar-refractivity contribution is 7.14. The molecule has 3 amide bonds. The Hall–Kier alpha value is -1.56. The lowest BCUT2D eigenvalue weighted by Gasteiger charge is -2.24. The maximum Gasteiger partial charge on any atom is 0.315 e. The van der Waals surface area contributed by atoms with E-state index in [0.29, 0.717) is 10.9 Å². The van der Waals surface area contributed by atoms with E-state index in [0.717, 1.165) is 17.7 Å². The van der Waals surface area contributed by atoms with Crippen molar-refractivity contribution in [2.45, 2.75) is 51.1 Å². The number of primary amides is 1. The van der Waals surface area contributed by atoms with E-state index in [9.17, 15) is 9.59 Å². The van der Waals surface area contributed by atoms with Crippen LogP contribution in [0.25, 0.3) is 0 Å². The van der Waals surface area contributed by atoms with Crippen LogP contribution in [0.15, 0.2) is 12.1 Å². The molecule has 4 N–H and O–H groups in total. The minimum absolute atomic E-state index is 0.128. The number of carbonyl (C=O) groups is 2. The van der Waals surface area contributed by atoms with Gasteiger partial charge in [-0.3, -0.25) is 4.79 Å². The van der Waals surface area contributed by atoms with Gasteiger partial charge in [-0.15, -0.1) is 11.3 Å². The van der Waals surface area contributed by atoms with E-state index in [2.05, 4.69) is 10.6 Å². The summed E-state index contributed by atoms with van der Waals surface area (Å²) in [5.74, 6) is -0.430. The lowest BCUT2D eigenvalue weighted by molar-refractivity contribution is 0.100. The average molecular weight is 295 g/mol. The van der Waals surface area contributed by atoms with Crippen LogP contribution in [0.4, 0.5) is 4.79 Å². The van der Waals surface area contributed by atoms with Crippen LogP contribution in [0, 0.1) is 0 Å². The first kappa shape index (κ1) is 14.8. The molecule has 0 saturated heterocycles. The monoisotopic (exact) mass is 295 g/mol. The third-order valence-corrected chi connectivity index (χ3v) is 4.87. The lowest BCUT2D eigenvalue weighted by atomic mass is 9.96. The Balaban J connectivity index is 1.84. The molecule has 1 atom stereocenters. The fraction of sp³-hybridized carbons (Fsp3) is 0.571. The Morgan fingerprint density at radius 2 is 2.00 bits per heavy atom. The summed E-state index contributed by atoms with van der Waals surface area (Å²) in [4.78, 5) is 24.4. The van der Waals surface area contributed by atoms with Crippen LogP contribution >= 0.6 is 11.3 Å². The predicted molar refractivity (Wildman–Crippen MR) is 79.8 cm³/mol. The van der Waals surface area contributed by atoms with Crippen molar-refractivity contribution >= 4 is 23.3 Å². The van der Waals surface area contributed by atoms with Crippen LogP contribution in [0.5, 0.6) is 0 Å². The molecule has 0 aliphatic heterocycles. The molecule has 0 aromatic carbocycles. The second-order valence-corrected chi connectivity index (χ2v) is 6.36. The van der Waals surface area contributed by atoms with Gasteiger partial charge < -0.3 is 16.4 Å². The standard InChI is InChI=1S/C14H21N3O2S/c1-9(11-7-8-12(20-11)13(15)18)16-14(19)17-10-5-3-2-4-6-10/h7-10H,2-6H2,1H3,(H2,15,18)(H2,16,17,19). The van der Waals surface area contributed by atoms with Gasteiger partial charge in [-0.1, -0.05) is 19.3 Å². The maximum atomic E-state index is 11.9. The Bertz CT molecular complexity index is 481. The Morgan fingerprint density at radius 1 is 1.30 bits per heavy atom. The van der Waals surface area contributed by atoms with Crippen LogP contribution in [-0.4, -0.2) is 18.0 Å². The molecule has 0 spiro atoms. The Kier molecular flexibility index (Phi) is 5.00. The van der Waals surface area contributed by atoms with E-state index in [4.69, 9.17) is 5.73 Å². The van der Waals surface area contributed by atoms with Crippen molar-refractivity contribution in [2.75, 3.05) is 0 Å². The molecule has 20 heavy (non-hydrogen) atoms. The lowest BCUT2D eigenvalue weighted by Crippen LogP contribution is -2.43. The zero-order valence-corrected chi connectivity index (χ0v) is 12.5. The van der Waals surface area contributed by atoms with Crippen LogP contribution in [0.2, 0.25) is 0 Å². The van der Waals surface area contributed by atoms with E-state index in [1.54, 1.807) is 6.07 Å². The van der Waals surface area contributed by atoms with Crippen LogP contribution in [0.1, 0.15) is 59.6 Å². The van der Waals surface area contributed by atoms with Crippen molar-refractivity contribution in [1.82, 2.24) is 10.6 Å². The molecule has 0 bridgehead atoms. The summed E-state index contributed by atoms with van der Waals surface area (Å²) in [6.45, 7) is 1.90. The molecular weight excluding hydrogens is 274 g/mol.